The Morgan fingerprint density at radius 3 is 2.52 bits per heavy atom. The molecule has 1 aromatic heterocycles. The molecule has 21 heavy (non-hydrogen) atoms. The zero-order valence-corrected chi connectivity index (χ0v) is 12.7. The van der Waals surface area contributed by atoms with Gasteiger partial charge in [-0.15, -0.1) is 0 Å². The van der Waals surface area contributed by atoms with Crippen molar-refractivity contribution in [1.82, 2.24) is 9.97 Å². The molecule has 0 aliphatic rings. The summed E-state index contributed by atoms with van der Waals surface area (Å²) >= 11 is 0. The van der Waals surface area contributed by atoms with Crippen LogP contribution in [0.5, 0.6) is 11.6 Å². The minimum absolute atomic E-state index is 0.0592. The summed E-state index contributed by atoms with van der Waals surface area (Å²) in [6.45, 7) is 7.55. The molecule has 0 spiro atoms. The average Bonchev–Trinajstić information content (AvgIpc) is 2.36. The van der Waals surface area contributed by atoms with Crippen molar-refractivity contribution in [2.75, 3.05) is 0 Å². The lowest BCUT2D eigenvalue weighted by Crippen LogP contribution is -2.16. The molecule has 2 aromatic rings. The van der Waals surface area contributed by atoms with E-state index in [0.717, 1.165) is 0 Å². The number of H-pyrrole nitrogens is 1. The van der Waals surface area contributed by atoms with Crippen molar-refractivity contribution in [3.63, 3.8) is 0 Å². The van der Waals surface area contributed by atoms with E-state index in [9.17, 15) is 9.90 Å². The standard InChI is InChI=1S/C16H20N2O3/c1-9(2)13-15(19)17-14(18-16(13)20)11-6-5-7-12(8-11)21-10(3)4/h5-10H,1-4H3,(H2,17,18,19,20). The third kappa shape index (κ3) is 3.42. The predicted octanol–water partition coefficient (Wildman–Crippen LogP) is 3.05. The highest BCUT2D eigenvalue weighted by Crippen LogP contribution is 2.25. The first kappa shape index (κ1) is 15.1. The van der Waals surface area contributed by atoms with E-state index in [1.807, 2.05) is 39.8 Å². The maximum absolute atomic E-state index is 12.1. The fraction of sp³-hybridized carbons (Fsp3) is 0.375. The Bertz CT molecular complexity index is 690. The van der Waals surface area contributed by atoms with Crippen LogP contribution in [0.1, 0.15) is 39.2 Å². The third-order valence-electron chi connectivity index (χ3n) is 2.99. The van der Waals surface area contributed by atoms with Crippen molar-refractivity contribution in [2.24, 2.45) is 0 Å². The van der Waals surface area contributed by atoms with Gasteiger partial charge in [0.1, 0.15) is 11.6 Å². The van der Waals surface area contributed by atoms with Gasteiger partial charge >= 0.3 is 0 Å². The summed E-state index contributed by atoms with van der Waals surface area (Å²) in [4.78, 5) is 18.9. The SMILES string of the molecule is CC(C)Oc1cccc(-c2nc(O)c(C(C)C)c(=O)[nH]2)c1. The Morgan fingerprint density at radius 1 is 1.24 bits per heavy atom. The quantitative estimate of drug-likeness (QED) is 0.906. The molecule has 0 saturated heterocycles. The van der Waals surface area contributed by atoms with Gasteiger partial charge in [0.25, 0.3) is 5.56 Å². The Labute approximate surface area is 123 Å². The largest absolute Gasteiger partial charge is 0.493 e. The first-order chi connectivity index (χ1) is 9.88. The summed E-state index contributed by atoms with van der Waals surface area (Å²) in [5.74, 6) is 0.707. The minimum atomic E-state index is -0.317. The number of nitrogens with zero attached hydrogens (tertiary/aromatic N) is 1. The molecular weight excluding hydrogens is 268 g/mol. The van der Waals surface area contributed by atoms with Crippen molar-refractivity contribution < 1.29 is 9.84 Å². The maximum atomic E-state index is 12.1. The summed E-state index contributed by atoms with van der Waals surface area (Å²) in [6.07, 6.45) is 0.0592. The number of aromatic nitrogens is 2. The lowest BCUT2D eigenvalue weighted by atomic mass is 10.1. The molecule has 112 valence electrons. The van der Waals surface area contributed by atoms with Crippen LogP contribution in [0.2, 0.25) is 0 Å². The van der Waals surface area contributed by atoms with Gasteiger partial charge in [0.05, 0.1) is 11.7 Å². The van der Waals surface area contributed by atoms with Gasteiger partial charge in [0.2, 0.25) is 5.88 Å². The number of nitrogens with one attached hydrogen (secondary N) is 1. The fourth-order valence-corrected chi connectivity index (χ4v) is 2.12. The molecule has 0 amide bonds. The van der Waals surface area contributed by atoms with Crippen LogP contribution in [0.4, 0.5) is 0 Å². The lowest BCUT2D eigenvalue weighted by Gasteiger charge is -2.11. The van der Waals surface area contributed by atoms with Crippen molar-refractivity contribution >= 4 is 0 Å². The number of aromatic hydroxyl groups is 1. The average molecular weight is 288 g/mol. The predicted molar refractivity (Wildman–Crippen MR) is 81.8 cm³/mol. The molecule has 0 atom stereocenters. The molecule has 0 saturated carbocycles. The van der Waals surface area contributed by atoms with E-state index in [1.165, 1.54) is 0 Å². The molecule has 0 fully saturated rings. The summed E-state index contributed by atoms with van der Waals surface area (Å²) < 4.78 is 5.62. The van der Waals surface area contributed by atoms with E-state index < -0.39 is 0 Å². The van der Waals surface area contributed by atoms with Crippen LogP contribution in [-0.2, 0) is 0 Å². The van der Waals surface area contributed by atoms with Crippen molar-refractivity contribution in [3.8, 4) is 23.0 Å². The fourth-order valence-electron chi connectivity index (χ4n) is 2.12. The lowest BCUT2D eigenvalue weighted by molar-refractivity contribution is 0.242. The summed E-state index contributed by atoms with van der Waals surface area (Å²) in [6, 6.07) is 7.25. The van der Waals surface area contributed by atoms with E-state index in [4.69, 9.17) is 4.74 Å². The molecular formula is C16H20N2O3. The van der Waals surface area contributed by atoms with E-state index >= 15 is 0 Å². The molecule has 2 rings (SSSR count). The van der Waals surface area contributed by atoms with E-state index in [-0.39, 0.29) is 23.5 Å². The third-order valence-corrected chi connectivity index (χ3v) is 2.99. The van der Waals surface area contributed by atoms with Crippen molar-refractivity contribution in [2.45, 2.75) is 39.7 Å². The number of hydrogen-bond donors (Lipinski definition) is 2. The Kier molecular flexibility index (Phi) is 4.31. The normalized spacial score (nSPS) is 11.1. The van der Waals surface area contributed by atoms with Gasteiger partial charge in [-0.2, -0.15) is 4.98 Å². The summed E-state index contributed by atoms with van der Waals surface area (Å²) in [5, 5.41) is 9.96. The number of hydrogen-bond acceptors (Lipinski definition) is 4. The molecule has 2 N–H and O–H groups in total. The number of rotatable bonds is 4. The molecule has 5 nitrogen and oxygen atoms in total. The molecule has 1 aromatic carbocycles. The van der Waals surface area contributed by atoms with Crippen LogP contribution in [0.25, 0.3) is 11.4 Å². The van der Waals surface area contributed by atoms with Gasteiger partial charge in [-0.3, -0.25) is 4.79 Å². The molecule has 0 radical (unpaired) electrons. The molecule has 5 heteroatoms. The monoisotopic (exact) mass is 288 g/mol. The van der Waals surface area contributed by atoms with E-state index in [1.54, 1.807) is 12.1 Å². The van der Waals surface area contributed by atoms with Crippen molar-refractivity contribution in [1.29, 1.82) is 0 Å². The Morgan fingerprint density at radius 2 is 1.95 bits per heavy atom. The number of aromatic amines is 1. The summed E-state index contributed by atoms with van der Waals surface area (Å²) in [7, 11) is 0. The van der Waals surface area contributed by atoms with Gasteiger partial charge in [-0.1, -0.05) is 26.0 Å². The van der Waals surface area contributed by atoms with Gasteiger partial charge < -0.3 is 14.8 Å². The second-order valence-corrected chi connectivity index (χ2v) is 5.50. The van der Waals surface area contributed by atoms with Gasteiger partial charge in [0.15, 0.2) is 0 Å². The van der Waals surface area contributed by atoms with Gasteiger partial charge in [0, 0.05) is 5.56 Å². The smallest absolute Gasteiger partial charge is 0.258 e. The van der Waals surface area contributed by atoms with Crippen LogP contribution in [0, 0.1) is 0 Å². The second-order valence-electron chi connectivity index (χ2n) is 5.50. The zero-order valence-electron chi connectivity index (χ0n) is 12.7. The topological polar surface area (TPSA) is 75.2 Å². The first-order valence-electron chi connectivity index (χ1n) is 6.98. The first-order valence-corrected chi connectivity index (χ1v) is 6.98. The molecule has 0 aliphatic carbocycles. The highest BCUT2D eigenvalue weighted by Gasteiger charge is 2.15. The maximum Gasteiger partial charge on any atom is 0.258 e. The van der Waals surface area contributed by atoms with E-state index in [0.29, 0.717) is 22.7 Å². The highest BCUT2D eigenvalue weighted by atomic mass is 16.5. The number of ether oxygens (including phenoxy) is 1. The Balaban J connectivity index is 2.46. The van der Waals surface area contributed by atoms with E-state index in [2.05, 4.69) is 9.97 Å². The van der Waals surface area contributed by atoms with Gasteiger partial charge in [-0.05, 0) is 31.9 Å². The molecule has 0 unspecified atom stereocenters. The van der Waals surface area contributed by atoms with Crippen molar-refractivity contribution in [3.05, 3.63) is 40.2 Å². The van der Waals surface area contributed by atoms with Crippen LogP contribution in [-0.4, -0.2) is 21.2 Å². The van der Waals surface area contributed by atoms with Crippen LogP contribution >= 0.6 is 0 Å². The molecule has 0 bridgehead atoms. The van der Waals surface area contributed by atoms with Crippen LogP contribution in [0.3, 0.4) is 0 Å². The van der Waals surface area contributed by atoms with Crippen LogP contribution < -0.4 is 10.3 Å². The molecule has 1 heterocycles. The second kappa shape index (κ2) is 5.99. The van der Waals surface area contributed by atoms with Gasteiger partial charge in [-0.25, -0.2) is 0 Å². The highest BCUT2D eigenvalue weighted by molar-refractivity contribution is 5.58. The minimum Gasteiger partial charge on any atom is -0.493 e. The Hall–Kier alpha value is -2.30. The summed E-state index contributed by atoms with van der Waals surface area (Å²) in [5.41, 5.74) is 0.673. The zero-order chi connectivity index (χ0) is 15.6. The van der Waals surface area contributed by atoms with Crippen LogP contribution in [0.15, 0.2) is 29.1 Å². The molecule has 0 aliphatic heterocycles. The number of benzene rings is 1.